The monoisotopic (exact) mass is 204 g/mol. The Morgan fingerprint density at radius 1 is 1.47 bits per heavy atom. The maximum atomic E-state index is 4.26. The summed E-state index contributed by atoms with van der Waals surface area (Å²) < 4.78 is 2.09. The van der Waals surface area contributed by atoms with Gasteiger partial charge in [0.25, 0.3) is 0 Å². The first-order valence-corrected chi connectivity index (χ1v) is 5.11. The zero-order valence-electron chi connectivity index (χ0n) is 9.14. The van der Waals surface area contributed by atoms with Crippen LogP contribution in [0.3, 0.4) is 0 Å². The van der Waals surface area contributed by atoms with E-state index in [1.54, 1.807) is 0 Å². The Morgan fingerprint density at radius 2 is 2.33 bits per heavy atom. The number of anilines is 1. The third kappa shape index (κ3) is 1.94. The highest BCUT2D eigenvalue weighted by molar-refractivity contribution is 5.51. The van der Waals surface area contributed by atoms with E-state index >= 15 is 0 Å². The number of imidazole rings is 1. The SMILES string of the molecule is CNCCN(C)c1cccc2nccn12. The van der Waals surface area contributed by atoms with Gasteiger partial charge in [-0.25, -0.2) is 4.98 Å². The quantitative estimate of drug-likeness (QED) is 0.806. The molecule has 15 heavy (non-hydrogen) atoms. The summed E-state index contributed by atoms with van der Waals surface area (Å²) in [6.07, 6.45) is 3.81. The predicted molar refractivity (Wildman–Crippen MR) is 62.4 cm³/mol. The van der Waals surface area contributed by atoms with Gasteiger partial charge in [-0.15, -0.1) is 0 Å². The number of rotatable bonds is 4. The van der Waals surface area contributed by atoms with Crippen molar-refractivity contribution < 1.29 is 0 Å². The van der Waals surface area contributed by atoms with E-state index in [0.717, 1.165) is 18.7 Å². The Labute approximate surface area is 89.5 Å². The Hall–Kier alpha value is -1.55. The first kappa shape index (κ1) is 9.98. The Balaban J connectivity index is 2.29. The van der Waals surface area contributed by atoms with Gasteiger partial charge in [-0.05, 0) is 19.2 Å². The van der Waals surface area contributed by atoms with Crippen molar-refractivity contribution in [2.75, 3.05) is 32.1 Å². The van der Waals surface area contributed by atoms with E-state index in [-0.39, 0.29) is 0 Å². The Kier molecular flexibility index (Phi) is 2.87. The first-order valence-electron chi connectivity index (χ1n) is 5.11. The van der Waals surface area contributed by atoms with Gasteiger partial charge in [-0.2, -0.15) is 0 Å². The number of nitrogens with zero attached hydrogens (tertiary/aromatic N) is 3. The summed E-state index contributed by atoms with van der Waals surface area (Å²) in [5, 5.41) is 3.14. The summed E-state index contributed by atoms with van der Waals surface area (Å²) in [6, 6.07) is 6.15. The van der Waals surface area contributed by atoms with Gasteiger partial charge >= 0.3 is 0 Å². The van der Waals surface area contributed by atoms with E-state index in [2.05, 4.69) is 32.7 Å². The van der Waals surface area contributed by atoms with Crippen LogP contribution < -0.4 is 10.2 Å². The lowest BCUT2D eigenvalue weighted by Crippen LogP contribution is -2.28. The highest BCUT2D eigenvalue weighted by Gasteiger charge is 2.04. The fourth-order valence-electron chi connectivity index (χ4n) is 1.64. The predicted octanol–water partition coefficient (Wildman–Crippen LogP) is 0.990. The van der Waals surface area contributed by atoms with E-state index in [1.807, 2.05) is 31.6 Å². The van der Waals surface area contributed by atoms with Gasteiger partial charge in [0.15, 0.2) is 0 Å². The van der Waals surface area contributed by atoms with Crippen molar-refractivity contribution in [1.82, 2.24) is 14.7 Å². The molecular weight excluding hydrogens is 188 g/mol. The highest BCUT2D eigenvalue weighted by atomic mass is 15.2. The topological polar surface area (TPSA) is 32.6 Å². The molecule has 2 aromatic heterocycles. The number of nitrogens with one attached hydrogen (secondary N) is 1. The lowest BCUT2D eigenvalue weighted by molar-refractivity contribution is 0.758. The molecule has 2 aromatic rings. The van der Waals surface area contributed by atoms with Crippen LogP contribution in [0.2, 0.25) is 0 Å². The lowest BCUT2D eigenvalue weighted by atomic mass is 10.4. The second-order valence-corrected chi connectivity index (χ2v) is 3.56. The van der Waals surface area contributed by atoms with Gasteiger partial charge in [0, 0.05) is 32.5 Å². The number of aromatic nitrogens is 2. The van der Waals surface area contributed by atoms with Crippen LogP contribution >= 0.6 is 0 Å². The van der Waals surface area contributed by atoms with Crippen molar-refractivity contribution in [3.8, 4) is 0 Å². The van der Waals surface area contributed by atoms with Gasteiger partial charge in [0.1, 0.15) is 11.5 Å². The molecule has 4 heteroatoms. The van der Waals surface area contributed by atoms with Gasteiger partial charge < -0.3 is 10.2 Å². The van der Waals surface area contributed by atoms with Crippen molar-refractivity contribution in [1.29, 1.82) is 0 Å². The third-order valence-corrected chi connectivity index (χ3v) is 2.50. The minimum absolute atomic E-state index is 0.974. The van der Waals surface area contributed by atoms with Gasteiger partial charge in [-0.1, -0.05) is 6.07 Å². The standard InChI is InChI=1S/C11H16N4/c1-12-6-8-14(2)11-5-3-4-10-13-7-9-15(10)11/h3-5,7,9,12H,6,8H2,1-2H3. The number of hydrogen-bond acceptors (Lipinski definition) is 3. The van der Waals surface area contributed by atoms with E-state index < -0.39 is 0 Å². The van der Waals surface area contributed by atoms with Crippen molar-refractivity contribution >= 4 is 11.5 Å². The summed E-state index contributed by atoms with van der Waals surface area (Å²) in [4.78, 5) is 6.48. The Morgan fingerprint density at radius 3 is 3.13 bits per heavy atom. The molecule has 1 N–H and O–H groups in total. The molecule has 0 saturated carbocycles. The molecule has 2 rings (SSSR count). The van der Waals surface area contributed by atoms with Crippen LogP contribution in [0, 0.1) is 0 Å². The van der Waals surface area contributed by atoms with E-state index in [1.165, 1.54) is 5.82 Å². The molecule has 0 unspecified atom stereocenters. The summed E-state index contributed by atoms with van der Waals surface area (Å²) in [5.74, 6) is 1.17. The maximum absolute atomic E-state index is 4.26. The van der Waals surface area contributed by atoms with E-state index in [9.17, 15) is 0 Å². The van der Waals surface area contributed by atoms with Crippen molar-refractivity contribution in [3.05, 3.63) is 30.6 Å². The van der Waals surface area contributed by atoms with E-state index in [4.69, 9.17) is 0 Å². The molecular formula is C11H16N4. The minimum Gasteiger partial charge on any atom is -0.359 e. The molecule has 0 atom stereocenters. The van der Waals surface area contributed by atoms with Crippen LogP contribution in [0.25, 0.3) is 5.65 Å². The number of hydrogen-bond donors (Lipinski definition) is 1. The summed E-state index contributed by atoms with van der Waals surface area (Å²) >= 11 is 0. The summed E-state index contributed by atoms with van der Waals surface area (Å²) in [6.45, 7) is 1.95. The minimum atomic E-state index is 0.974. The molecule has 0 saturated heterocycles. The molecule has 80 valence electrons. The molecule has 0 spiro atoms. The zero-order valence-corrected chi connectivity index (χ0v) is 9.14. The molecule has 4 nitrogen and oxygen atoms in total. The second-order valence-electron chi connectivity index (χ2n) is 3.56. The average Bonchev–Trinajstić information content (AvgIpc) is 2.73. The van der Waals surface area contributed by atoms with Crippen LogP contribution in [0.5, 0.6) is 0 Å². The normalized spacial score (nSPS) is 10.8. The van der Waals surface area contributed by atoms with Gasteiger partial charge in [0.2, 0.25) is 0 Å². The molecule has 0 aromatic carbocycles. The summed E-state index contributed by atoms with van der Waals surface area (Å²) in [7, 11) is 4.05. The van der Waals surface area contributed by atoms with Crippen molar-refractivity contribution in [3.63, 3.8) is 0 Å². The van der Waals surface area contributed by atoms with Gasteiger partial charge in [-0.3, -0.25) is 4.40 Å². The van der Waals surface area contributed by atoms with Gasteiger partial charge in [0.05, 0.1) is 0 Å². The third-order valence-electron chi connectivity index (χ3n) is 2.50. The van der Waals surface area contributed by atoms with Crippen LogP contribution in [0.4, 0.5) is 5.82 Å². The molecule has 0 fully saturated rings. The van der Waals surface area contributed by atoms with Crippen molar-refractivity contribution in [2.45, 2.75) is 0 Å². The number of pyridine rings is 1. The molecule has 0 aliphatic heterocycles. The first-order chi connectivity index (χ1) is 7.33. The highest BCUT2D eigenvalue weighted by Crippen LogP contribution is 2.14. The average molecular weight is 204 g/mol. The van der Waals surface area contributed by atoms with Crippen LogP contribution in [-0.2, 0) is 0 Å². The molecule has 0 aliphatic rings. The largest absolute Gasteiger partial charge is 0.359 e. The molecule has 0 aliphatic carbocycles. The molecule has 0 bridgehead atoms. The fraction of sp³-hybridized carbons (Fsp3) is 0.364. The fourth-order valence-corrected chi connectivity index (χ4v) is 1.64. The van der Waals surface area contributed by atoms with Crippen LogP contribution in [-0.4, -0.2) is 36.6 Å². The maximum Gasteiger partial charge on any atom is 0.138 e. The molecule has 0 amide bonds. The van der Waals surface area contributed by atoms with E-state index in [0.29, 0.717) is 0 Å². The smallest absolute Gasteiger partial charge is 0.138 e. The molecule has 0 radical (unpaired) electrons. The number of fused-ring (bicyclic) bond motifs is 1. The number of likely N-dealkylation sites (N-methyl/N-ethyl adjacent to an activating group) is 2. The zero-order chi connectivity index (χ0) is 10.7. The van der Waals surface area contributed by atoms with Crippen LogP contribution in [0.15, 0.2) is 30.6 Å². The van der Waals surface area contributed by atoms with Crippen molar-refractivity contribution in [2.24, 2.45) is 0 Å². The van der Waals surface area contributed by atoms with Crippen LogP contribution in [0.1, 0.15) is 0 Å². The Bertz CT molecular complexity index is 435. The summed E-state index contributed by atoms with van der Waals surface area (Å²) in [5.41, 5.74) is 0.990. The molecule has 2 heterocycles. The second kappa shape index (κ2) is 4.31. The lowest BCUT2D eigenvalue weighted by Gasteiger charge is -2.20.